The van der Waals surface area contributed by atoms with Crippen molar-refractivity contribution in [1.82, 2.24) is 9.78 Å². The molecule has 1 heterocycles. The van der Waals surface area contributed by atoms with E-state index >= 15 is 0 Å². The summed E-state index contributed by atoms with van der Waals surface area (Å²) < 4.78 is 27.6. The van der Waals surface area contributed by atoms with Crippen LogP contribution < -0.4 is 0 Å². The predicted octanol–water partition coefficient (Wildman–Crippen LogP) is 2.61. The maximum Gasteiger partial charge on any atom is 0.338 e. The zero-order valence-electron chi connectivity index (χ0n) is 8.19. The van der Waals surface area contributed by atoms with Crippen LogP contribution in [0.25, 0.3) is 5.69 Å². The van der Waals surface area contributed by atoms with E-state index in [2.05, 4.69) is 21.0 Å². The molecule has 0 aliphatic carbocycles. The monoisotopic (exact) mass is 302 g/mol. The number of halogens is 3. The average molecular weight is 303 g/mol. The normalized spacial score (nSPS) is 10.5. The van der Waals surface area contributed by atoms with Crippen LogP contribution in [0.15, 0.2) is 29.0 Å². The molecule has 0 amide bonds. The van der Waals surface area contributed by atoms with Gasteiger partial charge in [-0.3, -0.25) is 0 Å². The summed E-state index contributed by atoms with van der Waals surface area (Å²) in [5.74, 6) is -2.74. The van der Waals surface area contributed by atoms with Gasteiger partial charge in [-0.1, -0.05) is 0 Å². The molecular weight excluding hydrogens is 298 g/mol. The molecule has 88 valence electrons. The summed E-state index contributed by atoms with van der Waals surface area (Å²) in [6, 6.07) is 1.77. The van der Waals surface area contributed by atoms with Crippen molar-refractivity contribution in [2.45, 2.75) is 0 Å². The van der Waals surface area contributed by atoms with Gasteiger partial charge in [-0.25, -0.2) is 18.3 Å². The quantitative estimate of drug-likeness (QED) is 0.928. The highest BCUT2D eigenvalue weighted by Crippen LogP contribution is 2.25. The molecule has 1 aromatic heterocycles. The van der Waals surface area contributed by atoms with Crippen molar-refractivity contribution in [3.8, 4) is 5.69 Å². The third-order valence-corrected chi connectivity index (χ3v) is 2.64. The first kappa shape index (κ1) is 11.7. The third kappa shape index (κ3) is 2.19. The molecule has 0 spiro atoms. The number of carbonyl (C=O) groups is 1. The van der Waals surface area contributed by atoms with Crippen molar-refractivity contribution < 1.29 is 18.7 Å². The van der Waals surface area contributed by atoms with Crippen molar-refractivity contribution >= 4 is 21.9 Å². The Hall–Kier alpha value is -1.76. The highest BCUT2D eigenvalue weighted by molar-refractivity contribution is 9.10. The van der Waals surface area contributed by atoms with Gasteiger partial charge >= 0.3 is 5.97 Å². The van der Waals surface area contributed by atoms with Crippen LogP contribution in [-0.4, -0.2) is 20.9 Å². The van der Waals surface area contributed by atoms with E-state index < -0.39 is 17.6 Å². The standard InChI is InChI=1S/C10H5BrF2N2O2/c11-7-1-6(12)2-8(13)9(7)15-4-5(3-14-15)10(16)17/h1-4H,(H,16,17). The second kappa shape index (κ2) is 4.25. The number of aromatic nitrogens is 2. The van der Waals surface area contributed by atoms with Crippen molar-refractivity contribution in [2.24, 2.45) is 0 Å². The van der Waals surface area contributed by atoms with E-state index in [1.165, 1.54) is 0 Å². The Labute approximate surface area is 103 Å². The van der Waals surface area contributed by atoms with Gasteiger partial charge in [-0.2, -0.15) is 5.10 Å². The van der Waals surface area contributed by atoms with Gasteiger partial charge in [-0.15, -0.1) is 0 Å². The molecule has 0 radical (unpaired) electrons. The topological polar surface area (TPSA) is 55.1 Å². The molecule has 1 N–H and O–H groups in total. The minimum Gasteiger partial charge on any atom is -0.478 e. The number of aromatic carboxylic acids is 1. The Balaban J connectivity index is 2.56. The van der Waals surface area contributed by atoms with E-state index in [-0.39, 0.29) is 15.7 Å². The van der Waals surface area contributed by atoms with Gasteiger partial charge in [-0.05, 0) is 22.0 Å². The number of benzene rings is 1. The number of hydrogen-bond acceptors (Lipinski definition) is 2. The first-order valence-corrected chi connectivity index (χ1v) is 5.21. The van der Waals surface area contributed by atoms with Crippen LogP contribution in [-0.2, 0) is 0 Å². The molecular formula is C10H5BrF2N2O2. The van der Waals surface area contributed by atoms with Gasteiger partial charge in [0.1, 0.15) is 11.5 Å². The van der Waals surface area contributed by atoms with Crippen LogP contribution in [0, 0.1) is 11.6 Å². The van der Waals surface area contributed by atoms with E-state index in [0.29, 0.717) is 6.07 Å². The molecule has 0 bridgehead atoms. The summed E-state index contributed by atoms with van der Waals surface area (Å²) in [5.41, 5.74) is -0.125. The molecule has 4 nitrogen and oxygen atoms in total. The molecule has 2 rings (SSSR count). The van der Waals surface area contributed by atoms with E-state index in [1.807, 2.05) is 0 Å². The smallest absolute Gasteiger partial charge is 0.338 e. The summed E-state index contributed by atoms with van der Waals surface area (Å²) in [5, 5.41) is 12.4. The Morgan fingerprint density at radius 2 is 2.12 bits per heavy atom. The summed E-state index contributed by atoms with van der Waals surface area (Å²) in [7, 11) is 0. The lowest BCUT2D eigenvalue weighted by molar-refractivity contribution is 0.0697. The second-order valence-corrected chi connectivity index (χ2v) is 4.05. The maximum absolute atomic E-state index is 13.5. The highest BCUT2D eigenvalue weighted by Gasteiger charge is 2.14. The molecule has 0 fully saturated rings. The Morgan fingerprint density at radius 3 is 2.65 bits per heavy atom. The number of rotatable bonds is 2. The minimum absolute atomic E-state index is 0.0427. The van der Waals surface area contributed by atoms with E-state index in [4.69, 9.17) is 5.11 Å². The molecule has 17 heavy (non-hydrogen) atoms. The minimum atomic E-state index is -1.17. The summed E-state index contributed by atoms with van der Waals surface area (Å²) in [4.78, 5) is 10.7. The van der Waals surface area contributed by atoms with Crippen LogP contribution in [0.4, 0.5) is 8.78 Å². The zero-order chi connectivity index (χ0) is 12.6. The lowest BCUT2D eigenvalue weighted by Gasteiger charge is -2.05. The third-order valence-electron chi connectivity index (χ3n) is 2.04. The fourth-order valence-electron chi connectivity index (χ4n) is 1.31. The van der Waals surface area contributed by atoms with Crippen LogP contribution in [0.2, 0.25) is 0 Å². The summed E-state index contributed by atoms with van der Waals surface area (Å²) >= 11 is 2.99. The van der Waals surface area contributed by atoms with Crippen molar-refractivity contribution in [3.05, 3.63) is 46.2 Å². The van der Waals surface area contributed by atoms with E-state index in [0.717, 1.165) is 23.1 Å². The predicted molar refractivity (Wildman–Crippen MR) is 58.1 cm³/mol. The fourth-order valence-corrected chi connectivity index (χ4v) is 1.90. The van der Waals surface area contributed by atoms with Crippen molar-refractivity contribution in [3.63, 3.8) is 0 Å². The molecule has 0 saturated carbocycles. The number of carboxylic acids is 1. The number of hydrogen-bond donors (Lipinski definition) is 1. The summed E-state index contributed by atoms with van der Waals surface area (Å²) in [6.45, 7) is 0. The van der Waals surface area contributed by atoms with Crippen LogP contribution in [0.1, 0.15) is 10.4 Å². The molecule has 1 aromatic carbocycles. The van der Waals surface area contributed by atoms with Gasteiger partial charge in [0.2, 0.25) is 0 Å². The molecule has 0 saturated heterocycles. The Bertz CT molecular complexity index is 575. The van der Waals surface area contributed by atoms with Crippen LogP contribution in [0.3, 0.4) is 0 Å². The first-order chi connectivity index (χ1) is 7.99. The highest BCUT2D eigenvalue weighted by atomic mass is 79.9. The van der Waals surface area contributed by atoms with Gasteiger partial charge in [0.15, 0.2) is 5.82 Å². The zero-order valence-corrected chi connectivity index (χ0v) is 9.78. The molecule has 7 heteroatoms. The summed E-state index contributed by atoms with van der Waals surface area (Å²) in [6.07, 6.45) is 2.22. The second-order valence-electron chi connectivity index (χ2n) is 3.20. The van der Waals surface area contributed by atoms with Gasteiger partial charge < -0.3 is 5.11 Å². The fraction of sp³-hybridized carbons (Fsp3) is 0. The average Bonchev–Trinajstić information content (AvgIpc) is 2.65. The van der Waals surface area contributed by atoms with E-state index in [1.54, 1.807) is 0 Å². The van der Waals surface area contributed by atoms with E-state index in [9.17, 15) is 13.6 Å². The molecule has 0 aliphatic rings. The van der Waals surface area contributed by atoms with Crippen molar-refractivity contribution in [2.75, 3.05) is 0 Å². The molecule has 2 aromatic rings. The Kier molecular flexibility index (Phi) is 2.93. The maximum atomic E-state index is 13.5. The first-order valence-electron chi connectivity index (χ1n) is 4.42. The van der Waals surface area contributed by atoms with Crippen LogP contribution >= 0.6 is 15.9 Å². The van der Waals surface area contributed by atoms with Crippen LogP contribution in [0.5, 0.6) is 0 Å². The van der Waals surface area contributed by atoms with Gasteiger partial charge in [0, 0.05) is 16.7 Å². The molecule has 0 aliphatic heterocycles. The van der Waals surface area contributed by atoms with Gasteiger partial charge in [0.25, 0.3) is 0 Å². The Morgan fingerprint density at radius 1 is 1.41 bits per heavy atom. The SMILES string of the molecule is O=C(O)c1cnn(-c2c(F)cc(F)cc2Br)c1. The lowest BCUT2D eigenvalue weighted by Crippen LogP contribution is -2.01. The molecule has 0 atom stereocenters. The van der Waals surface area contributed by atoms with Gasteiger partial charge in [0.05, 0.1) is 11.8 Å². The van der Waals surface area contributed by atoms with Crippen molar-refractivity contribution in [1.29, 1.82) is 0 Å². The molecule has 0 unspecified atom stereocenters. The number of carboxylic acid groups (broad SMARTS) is 1. The largest absolute Gasteiger partial charge is 0.478 e. The lowest BCUT2D eigenvalue weighted by atomic mass is 10.3. The number of nitrogens with zero attached hydrogens (tertiary/aromatic N) is 2.